The molecule has 4 nitrogen and oxygen atoms in total. The van der Waals surface area contributed by atoms with Gasteiger partial charge in [0, 0.05) is 31.7 Å². The first-order valence-corrected chi connectivity index (χ1v) is 6.49. The Kier molecular flexibility index (Phi) is 4.47. The molecule has 19 heavy (non-hydrogen) atoms. The van der Waals surface area contributed by atoms with Crippen molar-refractivity contribution in [2.24, 2.45) is 0 Å². The van der Waals surface area contributed by atoms with Crippen molar-refractivity contribution in [1.29, 1.82) is 0 Å². The number of hydrogen-bond donors (Lipinski definition) is 1. The molecule has 2 rings (SSSR count). The molecule has 1 aromatic carbocycles. The van der Waals surface area contributed by atoms with E-state index in [9.17, 15) is 4.79 Å². The molecule has 0 radical (unpaired) electrons. The summed E-state index contributed by atoms with van der Waals surface area (Å²) >= 11 is 0. The van der Waals surface area contributed by atoms with Gasteiger partial charge in [0.25, 0.3) is 0 Å². The van der Waals surface area contributed by atoms with E-state index in [-0.39, 0.29) is 5.91 Å². The molecule has 1 aromatic heterocycles. The Morgan fingerprint density at radius 3 is 2.89 bits per heavy atom. The van der Waals surface area contributed by atoms with Gasteiger partial charge in [0.2, 0.25) is 5.91 Å². The molecule has 100 valence electrons. The van der Waals surface area contributed by atoms with Crippen molar-refractivity contribution in [3.63, 3.8) is 0 Å². The van der Waals surface area contributed by atoms with Gasteiger partial charge in [0.05, 0.1) is 12.1 Å². The van der Waals surface area contributed by atoms with Crippen molar-refractivity contribution >= 4 is 16.8 Å². The van der Waals surface area contributed by atoms with Crippen molar-refractivity contribution in [2.75, 3.05) is 20.1 Å². The van der Waals surface area contributed by atoms with E-state index in [1.807, 2.05) is 38.2 Å². The molecule has 4 heteroatoms. The zero-order valence-electron chi connectivity index (χ0n) is 11.4. The van der Waals surface area contributed by atoms with E-state index in [1.165, 1.54) is 0 Å². The molecule has 0 aliphatic carbocycles. The number of likely N-dealkylation sites (N-methyl/N-ethyl adjacent to an activating group) is 1. The standard InChI is InChI=1S/C15H19N3O/c1-3-18(2)15(19)11-16-10-12-8-9-17-14-7-5-4-6-13(12)14/h4-9,16H,3,10-11H2,1-2H3. The molecule has 0 spiro atoms. The van der Waals surface area contributed by atoms with E-state index in [0.717, 1.165) is 23.0 Å². The predicted molar refractivity (Wildman–Crippen MR) is 76.8 cm³/mol. The molecule has 2 aromatic rings. The summed E-state index contributed by atoms with van der Waals surface area (Å²) in [5.41, 5.74) is 2.15. The van der Waals surface area contributed by atoms with Gasteiger partial charge in [0.1, 0.15) is 0 Å². The Bertz CT molecular complexity index is 563. The fourth-order valence-corrected chi connectivity index (χ4v) is 1.92. The number of para-hydroxylation sites is 1. The Morgan fingerprint density at radius 2 is 2.11 bits per heavy atom. The van der Waals surface area contributed by atoms with Crippen molar-refractivity contribution in [3.8, 4) is 0 Å². The van der Waals surface area contributed by atoms with Crippen LogP contribution in [0.25, 0.3) is 10.9 Å². The molecule has 1 heterocycles. The Balaban J connectivity index is 2.01. The van der Waals surface area contributed by atoms with Gasteiger partial charge in [-0.2, -0.15) is 0 Å². The normalized spacial score (nSPS) is 10.6. The average Bonchev–Trinajstić information content (AvgIpc) is 2.46. The van der Waals surface area contributed by atoms with Crippen LogP contribution in [0.5, 0.6) is 0 Å². The number of benzene rings is 1. The third-order valence-corrected chi connectivity index (χ3v) is 3.23. The lowest BCUT2D eigenvalue weighted by molar-refractivity contribution is -0.128. The average molecular weight is 257 g/mol. The topological polar surface area (TPSA) is 45.2 Å². The number of fused-ring (bicyclic) bond motifs is 1. The number of pyridine rings is 1. The van der Waals surface area contributed by atoms with Gasteiger partial charge in [0.15, 0.2) is 0 Å². The highest BCUT2D eigenvalue weighted by Gasteiger charge is 2.06. The second-order valence-corrected chi connectivity index (χ2v) is 4.50. The molecular formula is C15H19N3O. The molecule has 0 aliphatic heterocycles. The van der Waals surface area contributed by atoms with Crippen LogP contribution in [0.2, 0.25) is 0 Å². The molecule has 1 N–H and O–H groups in total. The van der Waals surface area contributed by atoms with Crippen LogP contribution in [-0.4, -0.2) is 35.9 Å². The maximum atomic E-state index is 11.7. The van der Waals surface area contributed by atoms with Crippen molar-refractivity contribution in [3.05, 3.63) is 42.1 Å². The summed E-state index contributed by atoms with van der Waals surface area (Å²) in [4.78, 5) is 17.7. The van der Waals surface area contributed by atoms with E-state index in [4.69, 9.17) is 0 Å². The Hall–Kier alpha value is -1.94. The molecule has 0 fully saturated rings. The SMILES string of the molecule is CCN(C)C(=O)CNCc1ccnc2ccccc12. The fraction of sp³-hybridized carbons (Fsp3) is 0.333. The quantitative estimate of drug-likeness (QED) is 0.888. The summed E-state index contributed by atoms with van der Waals surface area (Å²) < 4.78 is 0. The van der Waals surface area contributed by atoms with Crippen LogP contribution in [0.1, 0.15) is 12.5 Å². The van der Waals surface area contributed by atoms with Crippen LogP contribution in [0, 0.1) is 0 Å². The second-order valence-electron chi connectivity index (χ2n) is 4.50. The molecule has 0 bridgehead atoms. The van der Waals surface area contributed by atoms with E-state index in [0.29, 0.717) is 13.1 Å². The number of amides is 1. The number of hydrogen-bond acceptors (Lipinski definition) is 3. The van der Waals surface area contributed by atoms with Gasteiger partial charge in [-0.3, -0.25) is 9.78 Å². The van der Waals surface area contributed by atoms with Crippen LogP contribution in [-0.2, 0) is 11.3 Å². The number of aromatic nitrogens is 1. The van der Waals surface area contributed by atoms with Gasteiger partial charge < -0.3 is 10.2 Å². The van der Waals surface area contributed by atoms with Gasteiger partial charge in [-0.25, -0.2) is 0 Å². The first kappa shape index (κ1) is 13.5. The molecule has 1 amide bonds. The number of carbonyl (C=O) groups excluding carboxylic acids is 1. The van der Waals surface area contributed by atoms with Crippen molar-refractivity contribution in [2.45, 2.75) is 13.5 Å². The van der Waals surface area contributed by atoms with Crippen molar-refractivity contribution in [1.82, 2.24) is 15.2 Å². The second kappa shape index (κ2) is 6.29. The highest BCUT2D eigenvalue weighted by molar-refractivity contribution is 5.82. The Labute approximate surface area is 113 Å². The highest BCUT2D eigenvalue weighted by Crippen LogP contribution is 2.15. The summed E-state index contributed by atoms with van der Waals surface area (Å²) in [7, 11) is 1.81. The zero-order valence-corrected chi connectivity index (χ0v) is 11.4. The molecule has 0 atom stereocenters. The fourth-order valence-electron chi connectivity index (χ4n) is 1.92. The maximum Gasteiger partial charge on any atom is 0.236 e. The molecular weight excluding hydrogens is 238 g/mol. The van der Waals surface area contributed by atoms with E-state index < -0.39 is 0 Å². The number of rotatable bonds is 5. The lowest BCUT2D eigenvalue weighted by Gasteiger charge is -2.15. The third-order valence-electron chi connectivity index (χ3n) is 3.23. The minimum atomic E-state index is 0.112. The van der Waals surface area contributed by atoms with Gasteiger partial charge >= 0.3 is 0 Å². The largest absolute Gasteiger partial charge is 0.345 e. The predicted octanol–water partition coefficient (Wildman–Crippen LogP) is 1.80. The number of nitrogens with zero attached hydrogens (tertiary/aromatic N) is 2. The van der Waals surface area contributed by atoms with Crippen LogP contribution in [0.3, 0.4) is 0 Å². The molecule has 0 unspecified atom stereocenters. The van der Waals surface area contributed by atoms with Crippen LogP contribution in [0.4, 0.5) is 0 Å². The Morgan fingerprint density at radius 1 is 1.32 bits per heavy atom. The summed E-state index contributed by atoms with van der Waals surface area (Å²) in [6.07, 6.45) is 1.80. The summed E-state index contributed by atoms with van der Waals surface area (Å²) in [5, 5.41) is 4.32. The summed E-state index contributed by atoms with van der Waals surface area (Å²) in [5.74, 6) is 0.112. The van der Waals surface area contributed by atoms with E-state index >= 15 is 0 Å². The lowest BCUT2D eigenvalue weighted by Crippen LogP contribution is -2.35. The number of nitrogens with one attached hydrogen (secondary N) is 1. The minimum Gasteiger partial charge on any atom is -0.345 e. The highest BCUT2D eigenvalue weighted by atomic mass is 16.2. The summed E-state index contributed by atoms with van der Waals surface area (Å²) in [6.45, 7) is 3.74. The monoisotopic (exact) mass is 257 g/mol. The first-order valence-electron chi connectivity index (χ1n) is 6.49. The van der Waals surface area contributed by atoms with Gasteiger partial charge in [-0.1, -0.05) is 18.2 Å². The van der Waals surface area contributed by atoms with E-state index in [2.05, 4.69) is 16.4 Å². The molecule has 0 aliphatic rings. The summed E-state index contributed by atoms with van der Waals surface area (Å²) in [6, 6.07) is 10.0. The minimum absolute atomic E-state index is 0.112. The number of carbonyl (C=O) groups is 1. The van der Waals surface area contributed by atoms with Crippen molar-refractivity contribution < 1.29 is 4.79 Å². The smallest absolute Gasteiger partial charge is 0.236 e. The lowest BCUT2D eigenvalue weighted by atomic mass is 10.1. The first-order chi connectivity index (χ1) is 9.22. The molecule has 0 saturated carbocycles. The third kappa shape index (κ3) is 3.29. The van der Waals surface area contributed by atoms with Gasteiger partial charge in [-0.15, -0.1) is 0 Å². The molecule has 0 saturated heterocycles. The van der Waals surface area contributed by atoms with Crippen LogP contribution >= 0.6 is 0 Å². The van der Waals surface area contributed by atoms with Crippen LogP contribution in [0.15, 0.2) is 36.5 Å². The zero-order chi connectivity index (χ0) is 13.7. The van der Waals surface area contributed by atoms with Crippen LogP contribution < -0.4 is 5.32 Å². The van der Waals surface area contributed by atoms with E-state index in [1.54, 1.807) is 11.1 Å². The maximum absolute atomic E-state index is 11.7. The van der Waals surface area contributed by atoms with Gasteiger partial charge in [-0.05, 0) is 24.6 Å².